The van der Waals surface area contributed by atoms with E-state index < -0.39 is 5.97 Å². The first-order valence-electron chi connectivity index (χ1n) is 7.90. The lowest BCUT2D eigenvalue weighted by molar-refractivity contribution is -0.144. The molecular formula is C16H23N3O4S. The second kappa shape index (κ2) is 8.25. The van der Waals surface area contributed by atoms with Crippen LogP contribution >= 0.6 is 11.3 Å². The number of thiophene rings is 1. The number of anilines is 1. The van der Waals surface area contributed by atoms with Gasteiger partial charge in [0.25, 0.3) is 5.56 Å². The molecule has 0 saturated heterocycles. The SMILES string of the molecule is CCOC(=O)Cn1nc(C(C)C)c2cc(NCCOC)sc2c1=O. The molecule has 0 radical (unpaired) electrons. The minimum absolute atomic E-state index is 0.128. The molecule has 0 atom stereocenters. The fourth-order valence-corrected chi connectivity index (χ4v) is 3.35. The quantitative estimate of drug-likeness (QED) is 0.579. The Morgan fingerprint density at radius 3 is 2.83 bits per heavy atom. The molecular weight excluding hydrogens is 330 g/mol. The van der Waals surface area contributed by atoms with E-state index >= 15 is 0 Å². The van der Waals surface area contributed by atoms with Crippen LogP contribution in [0.1, 0.15) is 32.4 Å². The van der Waals surface area contributed by atoms with Crippen molar-refractivity contribution in [1.82, 2.24) is 9.78 Å². The number of nitrogens with zero attached hydrogens (tertiary/aromatic N) is 2. The highest BCUT2D eigenvalue weighted by atomic mass is 32.1. The first-order valence-corrected chi connectivity index (χ1v) is 8.72. The van der Waals surface area contributed by atoms with Gasteiger partial charge in [0.1, 0.15) is 11.2 Å². The number of hydrogen-bond acceptors (Lipinski definition) is 7. The average molecular weight is 353 g/mol. The van der Waals surface area contributed by atoms with E-state index in [4.69, 9.17) is 9.47 Å². The topological polar surface area (TPSA) is 82.5 Å². The first-order chi connectivity index (χ1) is 11.5. The molecule has 0 aliphatic rings. The number of fused-ring (bicyclic) bond motifs is 1. The van der Waals surface area contributed by atoms with Gasteiger partial charge in [-0.15, -0.1) is 11.3 Å². The van der Waals surface area contributed by atoms with E-state index in [9.17, 15) is 9.59 Å². The molecule has 2 rings (SSSR count). The van der Waals surface area contributed by atoms with Gasteiger partial charge in [-0.25, -0.2) is 4.68 Å². The van der Waals surface area contributed by atoms with Crippen molar-refractivity contribution < 1.29 is 14.3 Å². The summed E-state index contributed by atoms with van der Waals surface area (Å²) in [5, 5.41) is 9.34. The number of ether oxygens (including phenoxy) is 2. The lowest BCUT2D eigenvalue weighted by atomic mass is 10.1. The molecule has 0 aromatic carbocycles. The van der Waals surface area contributed by atoms with Gasteiger partial charge in [0, 0.05) is 19.0 Å². The highest BCUT2D eigenvalue weighted by Crippen LogP contribution is 2.31. The van der Waals surface area contributed by atoms with Crippen LogP contribution in [0.5, 0.6) is 0 Å². The van der Waals surface area contributed by atoms with E-state index in [-0.39, 0.29) is 24.6 Å². The molecule has 0 saturated carbocycles. The normalized spacial score (nSPS) is 11.2. The summed E-state index contributed by atoms with van der Waals surface area (Å²) in [7, 11) is 1.64. The summed E-state index contributed by atoms with van der Waals surface area (Å²) in [5.41, 5.74) is 0.525. The predicted molar refractivity (Wildman–Crippen MR) is 95.0 cm³/mol. The predicted octanol–water partition coefficient (Wildman–Crippen LogP) is 2.20. The molecule has 2 aromatic rings. The van der Waals surface area contributed by atoms with Gasteiger partial charge in [-0.3, -0.25) is 9.59 Å². The van der Waals surface area contributed by atoms with E-state index in [1.807, 2.05) is 19.9 Å². The van der Waals surface area contributed by atoms with Crippen molar-refractivity contribution in [3.8, 4) is 0 Å². The molecule has 0 spiro atoms. The Bertz CT molecular complexity index is 767. The summed E-state index contributed by atoms with van der Waals surface area (Å²) in [6.45, 7) is 7.09. The van der Waals surface area contributed by atoms with Gasteiger partial charge in [-0.1, -0.05) is 13.8 Å². The van der Waals surface area contributed by atoms with Crippen LogP contribution in [0.25, 0.3) is 10.1 Å². The number of rotatable bonds is 8. The highest BCUT2D eigenvalue weighted by molar-refractivity contribution is 7.22. The van der Waals surface area contributed by atoms with Gasteiger partial charge < -0.3 is 14.8 Å². The van der Waals surface area contributed by atoms with Gasteiger partial charge in [0.05, 0.1) is 23.9 Å². The van der Waals surface area contributed by atoms with Crippen LogP contribution in [-0.2, 0) is 20.8 Å². The van der Waals surface area contributed by atoms with Crippen LogP contribution in [0.3, 0.4) is 0 Å². The molecule has 0 aliphatic carbocycles. The number of carbonyl (C=O) groups excluding carboxylic acids is 1. The standard InChI is InChI=1S/C16H23N3O4S/c1-5-23-13(20)9-19-16(21)15-11(14(18-19)10(2)3)8-12(24-15)17-6-7-22-4/h8,10,17H,5-7,9H2,1-4H3. The van der Waals surface area contributed by atoms with E-state index in [2.05, 4.69) is 10.4 Å². The largest absolute Gasteiger partial charge is 0.465 e. The Morgan fingerprint density at radius 2 is 2.21 bits per heavy atom. The molecule has 7 nitrogen and oxygen atoms in total. The van der Waals surface area contributed by atoms with Crippen LogP contribution < -0.4 is 10.9 Å². The Labute approximate surface area is 144 Å². The second-order valence-corrected chi connectivity index (χ2v) is 6.63. The van der Waals surface area contributed by atoms with E-state index in [0.717, 1.165) is 16.1 Å². The van der Waals surface area contributed by atoms with Crippen molar-refractivity contribution in [1.29, 1.82) is 0 Å². The number of nitrogens with one attached hydrogen (secondary N) is 1. The molecule has 2 heterocycles. The Morgan fingerprint density at radius 1 is 1.46 bits per heavy atom. The van der Waals surface area contributed by atoms with Gasteiger partial charge in [0.2, 0.25) is 0 Å². The number of carbonyl (C=O) groups is 1. The molecule has 0 fully saturated rings. The summed E-state index contributed by atoms with van der Waals surface area (Å²) in [6.07, 6.45) is 0. The second-order valence-electron chi connectivity index (χ2n) is 5.58. The van der Waals surface area contributed by atoms with E-state index in [1.165, 1.54) is 16.0 Å². The van der Waals surface area contributed by atoms with Crippen LogP contribution in [0.2, 0.25) is 0 Å². The minimum Gasteiger partial charge on any atom is -0.465 e. The summed E-state index contributed by atoms with van der Waals surface area (Å²) in [6, 6.07) is 1.94. The van der Waals surface area contributed by atoms with E-state index in [0.29, 0.717) is 17.9 Å². The zero-order chi connectivity index (χ0) is 17.7. The molecule has 0 bridgehead atoms. The van der Waals surface area contributed by atoms with Gasteiger partial charge in [0.15, 0.2) is 0 Å². The summed E-state index contributed by atoms with van der Waals surface area (Å²) in [5.74, 6) is -0.334. The molecule has 2 aromatic heterocycles. The van der Waals surface area contributed by atoms with Gasteiger partial charge >= 0.3 is 5.97 Å². The summed E-state index contributed by atoms with van der Waals surface area (Å²) < 4.78 is 11.7. The number of aromatic nitrogens is 2. The van der Waals surface area contributed by atoms with Crippen LogP contribution in [0.4, 0.5) is 5.00 Å². The highest BCUT2D eigenvalue weighted by Gasteiger charge is 2.18. The molecule has 0 amide bonds. The molecule has 8 heteroatoms. The fraction of sp³-hybridized carbons (Fsp3) is 0.562. The molecule has 132 valence electrons. The Hall–Kier alpha value is -1.93. The van der Waals surface area contributed by atoms with Crippen LogP contribution in [0.15, 0.2) is 10.9 Å². The zero-order valence-electron chi connectivity index (χ0n) is 14.4. The third-order valence-electron chi connectivity index (χ3n) is 3.40. The third-order valence-corrected chi connectivity index (χ3v) is 4.48. The van der Waals surface area contributed by atoms with Crippen LogP contribution in [-0.4, -0.2) is 42.6 Å². The van der Waals surface area contributed by atoms with Crippen molar-refractivity contribution in [2.24, 2.45) is 0 Å². The maximum absolute atomic E-state index is 12.6. The van der Waals surface area contributed by atoms with Gasteiger partial charge in [-0.2, -0.15) is 5.10 Å². The number of esters is 1. The lowest BCUT2D eigenvalue weighted by Gasteiger charge is -2.10. The Balaban J connectivity index is 2.44. The van der Waals surface area contributed by atoms with Crippen molar-refractivity contribution in [2.45, 2.75) is 33.2 Å². The zero-order valence-corrected chi connectivity index (χ0v) is 15.2. The maximum atomic E-state index is 12.6. The van der Waals surface area contributed by atoms with Crippen molar-refractivity contribution in [2.75, 3.05) is 32.2 Å². The molecule has 1 N–H and O–H groups in total. The summed E-state index contributed by atoms with van der Waals surface area (Å²) >= 11 is 1.37. The van der Waals surface area contributed by atoms with E-state index in [1.54, 1.807) is 14.0 Å². The van der Waals surface area contributed by atoms with Crippen molar-refractivity contribution >= 4 is 32.4 Å². The first kappa shape index (κ1) is 18.4. The fourth-order valence-electron chi connectivity index (χ4n) is 2.31. The average Bonchev–Trinajstić information content (AvgIpc) is 2.94. The molecule has 0 unspecified atom stereocenters. The monoisotopic (exact) mass is 353 g/mol. The van der Waals surface area contributed by atoms with Crippen molar-refractivity contribution in [3.05, 3.63) is 22.1 Å². The van der Waals surface area contributed by atoms with Gasteiger partial charge in [-0.05, 0) is 18.9 Å². The minimum atomic E-state index is -0.462. The van der Waals surface area contributed by atoms with Crippen molar-refractivity contribution in [3.63, 3.8) is 0 Å². The third kappa shape index (κ3) is 4.12. The van der Waals surface area contributed by atoms with Crippen LogP contribution in [0, 0.1) is 0 Å². The number of hydrogen-bond donors (Lipinski definition) is 1. The smallest absolute Gasteiger partial charge is 0.327 e. The summed E-state index contributed by atoms with van der Waals surface area (Å²) in [4.78, 5) is 24.4. The Kier molecular flexibility index (Phi) is 6.33. The number of methoxy groups -OCH3 is 1. The molecule has 0 aliphatic heterocycles. The molecule has 24 heavy (non-hydrogen) atoms. The maximum Gasteiger partial charge on any atom is 0.327 e. The lowest BCUT2D eigenvalue weighted by Crippen LogP contribution is -2.28.